The number of benzene rings is 1. The predicted octanol–water partition coefficient (Wildman–Crippen LogP) is 2.74. The summed E-state index contributed by atoms with van der Waals surface area (Å²) in [4.78, 5) is 14.8. The van der Waals surface area contributed by atoms with E-state index in [1.165, 1.54) is 0 Å². The zero-order chi connectivity index (χ0) is 16.7. The van der Waals surface area contributed by atoms with Crippen molar-refractivity contribution in [2.24, 2.45) is 5.92 Å². The highest BCUT2D eigenvalue weighted by Gasteiger charge is 2.40. The number of aryl methyl sites for hydroxylation is 1. The summed E-state index contributed by atoms with van der Waals surface area (Å²) in [7, 11) is 0. The van der Waals surface area contributed by atoms with Gasteiger partial charge in [0.25, 0.3) is 5.91 Å². The fourth-order valence-electron chi connectivity index (χ4n) is 4.02. The summed E-state index contributed by atoms with van der Waals surface area (Å²) in [5.41, 5.74) is 1.88. The van der Waals surface area contributed by atoms with Gasteiger partial charge in [-0.2, -0.15) is 0 Å². The first-order chi connectivity index (χ1) is 11.6. The van der Waals surface area contributed by atoms with Crippen molar-refractivity contribution in [2.75, 3.05) is 19.8 Å². The fourth-order valence-corrected chi connectivity index (χ4v) is 4.02. The molecule has 2 fully saturated rings. The molecule has 5 heteroatoms. The Kier molecular flexibility index (Phi) is 4.06. The van der Waals surface area contributed by atoms with Crippen LogP contribution >= 0.6 is 0 Å². The van der Waals surface area contributed by atoms with Crippen LogP contribution in [0.2, 0.25) is 0 Å². The van der Waals surface area contributed by atoms with Crippen LogP contribution in [-0.4, -0.2) is 47.8 Å². The van der Waals surface area contributed by atoms with Crippen LogP contribution in [0.5, 0.6) is 0 Å². The standard InChI is InChI=1S/C19H23NO4/c1-12-4-5-17-13(9-12)10-18(24-17)19(22)20-7-2-3-15(20)14-11-23-8-6-16(14)21/h4-5,9-10,14-16,21H,2-3,6-8,11H2,1H3. The molecule has 2 saturated heterocycles. The van der Waals surface area contributed by atoms with E-state index in [-0.39, 0.29) is 17.9 Å². The third-order valence-corrected chi connectivity index (χ3v) is 5.30. The van der Waals surface area contributed by atoms with Gasteiger partial charge in [-0.25, -0.2) is 0 Å². The Bertz CT molecular complexity index is 753. The molecule has 1 N–H and O–H groups in total. The van der Waals surface area contributed by atoms with Gasteiger partial charge in [-0.1, -0.05) is 11.6 Å². The maximum atomic E-state index is 13.0. The summed E-state index contributed by atoms with van der Waals surface area (Å²) < 4.78 is 11.3. The molecule has 5 nitrogen and oxygen atoms in total. The van der Waals surface area contributed by atoms with Crippen LogP contribution in [0, 0.1) is 12.8 Å². The molecule has 2 aliphatic rings. The molecular formula is C19H23NO4. The van der Waals surface area contributed by atoms with E-state index in [1.807, 2.05) is 36.1 Å². The van der Waals surface area contributed by atoms with E-state index >= 15 is 0 Å². The number of ether oxygens (including phenoxy) is 1. The fraction of sp³-hybridized carbons (Fsp3) is 0.526. The van der Waals surface area contributed by atoms with E-state index in [9.17, 15) is 9.90 Å². The van der Waals surface area contributed by atoms with Crippen LogP contribution < -0.4 is 0 Å². The highest BCUT2D eigenvalue weighted by atomic mass is 16.5. The number of hydrogen-bond donors (Lipinski definition) is 1. The number of amides is 1. The van der Waals surface area contributed by atoms with Gasteiger partial charge in [0.1, 0.15) is 5.58 Å². The molecule has 4 rings (SSSR count). The minimum absolute atomic E-state index is 0.00294. The van der Waals surface area contributed by atoms with Crippen molar-refractivity contribution in [1.29, 1.82) is 0 Å². The Morgan fingerprint density at radius 1 is 1.29 bits per heavy atom. The number of fused-ring (bicyclic) bond motifs is 1. The van der Waals surface area contributed by atoms with Crippen molar-refractivity contribution in [3.63, 3.8) is 0 Å². The van der Waals surface area contributed by atoms with Gasteiger partial charge in [0.05, 0.1) is 12.7 Å². The molecule has 0 radical (unpaired) electrons. The molecule has 3 atom stereocenters. The Labute approximate surface area is 141 Å². The minimum Gasteiger partial charge on any atom is -0.451 e. The number of hydrogen-bond acceptors (Lipinski definition) is 4. The number of aliphatic hydroxyl groups is 1. The molecule has 1 aromatic heterocycles. The molecule has 0 saturated carbocycles. The van der Waals surface area contributed by atoms with Crippen LogP contribution in [-0.2, 0) is 4.74 Å². The molecular weight excluding hydrogens is 306 g/mol. The number of likely N-dealkylation sites (tertiary alicyclic amines) is 1. The van der Waals surface area contributed by atoms with Gasteiger partial charge in [-0.15, -0.1) is 0 Å². The highest BCUT2D eigenvalue weighted by Crippen LogP contribution is 2.32. The van der Waals surface area contributed by atoms with E-state index in [0.29, 0.717) is 31.9 Å². The first kappa shape index (κ1) is 15.7. The molecule has 24 heavy (non-hydrogen) atoms. The summed E-state index contributed by atoms with van der Waals surface area (Å²) in [6.45, 7) is 3.86. The van der Waals surface area contributed by atoms with Gasteiger partial charge in [0.2, 0.25) is 0 Å². The number of carbonyl (C=O) groups is 1. The number of carbonyl (C=O) groups excluding carboxylic acids is 1. The lowest BCUT2D eigenvalue weighted by Gasteiger charge is -2.36. The normalized spacial score (nSPS) is 27.8. The minimum atomic E-state index is -0.393. The number of furan rings is 1. The molecule has 3 heterocycles. The smallest absolute Gasteiger partial charge is 0.289 e. The van der Waals surface area contributed by atoms with Gasteiger partial charge >= 0.3 is 0 Å². The van der Waals surface area contributed by atoms with Gasteiger partial charge < -0.3 is 19.2 Å². The van der Waals surface area contributed by atoms with Crippen molar-refractivity contribution < 1.29 is 19.1 Å². The topological polar surface area (TPSA) is 62.9 Å². The zero-order valence-corrected chi connectivity index (χ0v) is 13.9. The molecule has 0 spiro atoms. The van der Waals surface area contributed by atoms with Crippen LogP contribution in [0.1, 0.15) is 35.4 Å². The Hall–Kier alpha value is -1.85. The Morgan fingerprint density at radius 3 is 3.00 bits per heavy atom. The highest BCUT2D eigenvalue weighted by molar-refractivity contribution is 5.96. The third kappa shape index (κ3) is 2.72. The number of aliphatic hydroxyl groups excluding tert-OH is 1. The zero-order valence-electron chi connectivity index (χ0n) is 13.9. The van der Waals surface area contributed by atoms with E-state index in [1.54, 1.807) is 0 Å². The average molecular weight is 329 g/mol. The average Bonchev–Trinajstić information content (AvgIpc) is 3.20. The van der Waals surface area contributed by atoms with Crippen molar-refractivity contribution >= 4 is 16.9 Å². The van der Waals surface area contributed by atoms with Crippen LogP contribution in [0.25, 0.3) is 11.0 Å². The van der Waals surface area contributed by atoms with Gasteiger partial charge in [0.15, 0.2) is 5.76 Å². The molecule has 2 aromatic rings. The molecule has 2 aliphatic heterocycles. The Balaban J connectivity index is 1.59. The summed E-state index contributed by atoms with van der Waals surface area (Å²) in [5, 5.41) is 11.3. The van der Waals surface area contributed by atoms with Crippen molar-refractivity contribution in [1.82, 2.24) is 4.90 Å². The lowest BCUT2D eigenvalue weighted by Crippen LogP contribution is -2.48. The molecule has 0 aliphatic carbocycles. The summed E-state index contributed by atoms with van der Waals surface area (Å²) in [6.07, 6.45) is 2.12. The summed E-state index contributed by atoms with van der Waals surface area (Å²) in [5.74, 6) is 0.301. The second kappa shape index (κ2) is 6.22. The maximum Gasteiger partial charge on any atom is 0.289 e. The number of rotatable bonds is 2. The van der Waals surface area contributed by atoms with Gasteiger partial charge in [-0.05, 0) is 44.4 Å². The SMILES string of the molecule is Cc1ccc2oc(C(=O)N3CCCC3C3COCCC3O)cc2c1. The van der Waals surface area contributed by atoms with E-state index in [4.69, 9.17) is 9.15 Å². The lowest BCUT2D eigenvalue weighted by atomic mass is 9.89. The largest absolute Gasteiger partial charge is 0.451 e. The molecule has 1 amide bonds. The van der Waals surface area contributed by atoms with Gasteiger partial charge in [-0.3, -0.25) is 4.79 Å². The van der Waals surface area contributed by atoms with Crippen LogP contribution in [0.4, 0.5) is 0 Å². The number of nitrogens with zero attached hydrogens (tertiary/aromatic N) is 1. The van der Waals surface area contributed by atoms with Crippen molar-refractivity contribution in [3.8, 4) is 0 Å². The van der Waals surface area contributed by atoms with Crippen LogP contribution in [0.15, 0.2) is 28.7 Å². The van der Waals surface area contributed by atoms with E-state index < -0.39 is 6.10 Å². The first-order valence-corrected chi connectivity index (χ1v) is 8.70. The van der Waals surface area contributed by atoms with E-state index in [0.717, 1.165) is 29.4 Å². The second-order valence-corrected chi connectivity index (χ2v) is 6.95. The monoisotopic (exact) mass is 329 g/mol. The molecule has 128 valence electrons. The van der Waals surface area contributed by atoms with E-state index in [2.05, 4.69) is 0 Å². The summed E-state index contributed by atoms with van der Waals surface area (Å²) >= 11 is 0. The van der Waals surface area contributed by atoms with Crippen molar-refractivity contribution in [3.05, 3.63) is 35.6 Å². The molecule has 3 unspecified atom stereocenters. The first-order valence-electron chi connectivity index (χ1n) is 8.70. The maximum absolute atomic E-state index is 13.0. The lowest BCUT2D eigenvalue weighted by molar-refractivity contribution is -0.0591. The van der Waals surface area contributed by atoms with Crippen LogP contribution in [0.3, 0.4) is 0 Å². The van der Waals surface area contributed by atoms with Gasteiger partial charge in [0, 0.05) is 30.5 Å². The molecule has 0 bridgehead atoms. The second-order valence-electron chi connectivity index (χ2n) is 6.95. The quantitative estimate of drug-likeness (QED) is 0.920. The third-order valence-electron chi connectivity index (χ3n) is 5.30. The molecule has 1 aromatic carbocycles. The van der Waals surface area contributed by atoms with Crippen molar-refractivity contribution in [2.45, 2.75) is 38.3 Å². The predicted molar refractivity (Wildman–Crippen MR) is 89.9 cm³/mol. The summed E-state index contributed by atoms with van der Waals surface area (Å²) in [6, 6.07) is 7.77. The Morgan fingerprint density at radius 2 is 2.17 bits per heavy atom.